The third kappa shape index (κ3) is 3.98. The van der Waals surface area contributed by atoms with Gasteiger partial charge in [0.25, 0.3) is 0 Å². The van der Waals surface area contributed by atoms with Crippen molar-refractivity contribution in [3.63, 3.8) is 0 Å². The van der Waals surface area contributed by atoms with Crippen molar-refractivity contribution < 1.29 is 4.79 Å². The molecule has 0 aliphatic carbocycles. The molecule has 0 N–H and O–H groups in total. The van der Waals surface area contributed by atoms with Crippen LogP contribution in [0, 0.1) is 5.92 Å². The second-order valence-electron chi connectivity index (χ2n) is 7.48. The molecule has 2 aliphatic rings. The SMILES string of the molecule is CC(C)N1CCCC(C(=O)N2CCN(Cc3nccn3C)CC2)C1. The molecule has 6 heteroatoms. The molecule has 1 atom stereocenters. The van der Waals surface area contributed by atoms with Crippen LogP contribution in [-0.2, 0) is 18.4 Å². The van der Waals surface area contributed by atoms with E-state index in [-0.39, 0.29) is 5.92 Å². The molecule has 1 amide bonds. The number of hydrogen-bond acceptors (Lipinski definition) is 4. The Labute approximate surface area is 145 Å². The van der Waals surface area contributed by atoms with E-state index in [0.717, 1.165) is 64.5 Å². The molecule has 2 saturated heterocycles. The van der Waals surface area contributed by atoms with Gasteiger partial charge in [-0.2, -0.15) is 0 Å². The molecule has 1 unspecified atom stereocenters. The molecule has 1 aromatic rings. The lowest BCUT2D eigenvalue weighted by Crippen LogP contribution is -2.52. The third-order valence-electron chi connectivity index (χ3n) is 5.50. The lowest BCUT2D eigenvalue weighted by molar-refractivity contribution is -0.139. The molecule has 24 heavy (non-hydrogen) atoms. The van der Waals surface area contributed by atoms with Gasteiger partial charge in [0.15, 0.2) is 0 Å². The molecule has 2 aliphatic heterocycles. The summed E-state index contributed by atoms with van der Waals surface area (Å²) in [7, 11) is 2.03. The van der Waals surface area contributed by atoms with Crippen molar-refractivity contribution in [3.05, 3.63) is 18.2 Å². The van der Waals surface area contributed by atoms with E-state index >= 15 is 0 Å². The van der Waals surface area contributed by atoms with Crippen LogP contribution in [0.25, 0.3) is 0 Å². The summed E-state index contributed by atoms with van der Waals surface area (Å²) in [6, 6.07) is 0.537. The zero-order valence-electron chi connectivity index (χ0n) is 15.3. The number of rotatable bonds is 4. The minimum atomic E-state index is 0.197. The van der Waals surface area contributed by atoms with Crippen LogP contribution >= 0.6 is 0 Å². The van der Waals surface area contributed by atoms with Crippen LogP contribution < -0.4 is 0 Å². The van der Waals surface area contributed by atoms with Crippen LogP contribution in [0.15, 0.2) is 12.4 Å². The van der Waals surface area contributed by atoms with E-state index in [0.29, 0.717) is 11.9 Å². The highest BCUT2D eigenvalue weighted by Crippen LogP contribution is 2.21. The number of carbonyl (C=O) groups excluding carboxylic acids is 1. The Bertz CT molecular complexity index is 547. The Morgan fingerprint density at radius 2 is 2.00 bits per heavy atom. The minimum Gasteiger partial charge on any atom is -0.340 e. The van der Waals surface area contributed by atoms with Crippen LogP contribution in [0.2, 0.25) is 0 Å². The summed E-state index contributed by atoms with van der Waals surface area (Å²) >= 11 is 0. The molecular weight excluding hydrogens is 302 g/mol. The van der Waals surface area contributed by atoms with Crippen molar-refractivity contribution in [1.82, 2.24) is 24.3 Å². The fourth-order valence-electron chi connectivity index (χ4n) is 3.81. The van der Waals surface area contributed by atoms with Crippen LogP contribution in [0.1, 0.15) is 32.5 Å². The number of nitrogens with zero attached hydrogens (tertiary/aromatic N) is 5. The van der Waals surface area contributed by atoms with Gasteiger partial charge in [-0.3, -0.25) is 9.69 Å². The molecule has 0 bridgehead atoms. The van der Waals surface area contributed by atoms with E-state index in [2.05, 4.69) is 38.1 Å². The van der Waals surface area contributed by atoms with Gasteiger partial charge in [0.1, 0.15) is 5.82 Å². The van der Waals surface area contributed by atoms with Crippen molar-refractivity contribution in [1.29, 1.82) is 0 Å². The molecule has 3 heterocycles. The average molecular weight is 333 g/mol. The van der Waals surface area contributed by atoms with Crippen molar-refractivity contribution in [2.75, 3.05) is 39.3 Å². The Hall–Kier alpha value is -1.40. The first kappa shape index (κ1) is 17.4. The molecule has 2 fully saturated rings. The van der Waals surface area contributed by atoms with Crippen LogP contribution in [-0.4, -0.2) is 75.5 Å². The third-order valence-corrected chi connectivity index (χ3v) is 5.50. The number of piperidine rings is 1. The highest BCUT2D eigenvalue weighted by Gasteiger charge is 2.31. The molecule has 1 aromatic heterocycles. The first-order valence-corrected chi connectivity index (χ1v) is 9.26. The second kappa shape index (κ2) is 7.66. The topological polar surface area (TPSA) is 44.6 Å². The summed E-state index contributed by atoms with van der Waals surface area (Å²) in [6.45, 7) is 11.0. The highest BCUT2D eigenvalue weighted by molar-refractivity contribution is 5.79. The monoisotopic (exact) mass is 333 g/mol. The zero-order valence-corrected chi connectivity index (χ0v) is 15.3. The number of carbonyl (C=O) groups is 1. The van der Waals surface area contributed by atoms with E-state index in [1.807, 2.05) is 19.4 Å². The summed E-state index contributed by atoms with van der Waals surface area (Å²) < 4.78 is 2.07. The smallest absolute Gasteiger partial charge is 0.227 e. The molecule has 0 spiro atoms. The number of aryl methyl sites for hydroxylation is 1. The minimum absolute atomic E-state index is 0.197. The maximum atomic E-state index is 12.9. The van der Waals surface area contributed by atoms with E-state index in [1.165, 1.54) is 0 Å². The lowest BCUT2D eigenvalue weighted by atomic mass is 9.95. The van der Waals surface area contributed by atoms with Crippen molar-refractivity contribution in [2.24, 2.45) is 13.0 Å². The lowest BCUT2D eigenvalue weighted by Gasteiger charge is -2.39. The van der Waals surface area contributed by atoms with Gasteiger partial charge in [-0.15, -0.1) is 0 Å². The van der Waals surface area contributed by atoms with E-state index in [1.54, 1.807) is 0 Å². The number of imidazole rings is 1. The van der Waals surface area contributed by atoms with E-state index < -0.39 is 0 Å². The number of aromatic nitrogens is 2. The van der Waals surface area contributed by atoms with Gasteiger partial charge in [0.05, 0.1) is 12.5 Å². The highest BCUT2D eigenvalue weighted by atomic mass is 16.2. The van der Waals surface area contributed by atoms with Crippen molar-refractivity contribution in [2.45, 2.75) is 39.3 Å². The van der Waals surface area contributed by atoms with Gasteiger partial charge in [-0.05, 0) is 33.2 Å². The van der Waals surface area contributed by atoms with Crippen LogP contribution in [0.4, 0.5) is 0 Å². The van der Waals surface area contributed by atoms with E-state index in [9.17, 15) is 4.79 Å². The summed E-state index contributed by atoms with van der Waals surface area (Å²) in [5.74, 6) is 1.66. The Kier molecular flexibility index (Phi) is 5.56. The average Bonchev–Trinajstić information content (AvgIpc) is 3.00. The van der Waals surface area contributed by atoms with Gasteiger partial charge in [0.2, 0.25) is 5.91 Å². The Morgan fingerprint density at radius 3 is 2.62 bits per heavy atom. The van der Waals surface area contributed by atoms with E-state index in [4.69, 9.17) is 0 Å². The predicted molar refractivity (Wildman–Crippen MR) is 94.5 cm³/mol. The number of piperazine rings is 1. The quantitative estimate of drug-likeness (QED) is 0.830. The number of amides is 1. The standard InChI is InChI=1S/C18H31N5O/c1-15(2)23-7-4-5-16(13-23)18(24)22-11-9-21(10-12-22)14-17-19-6-8-20(17)3/h6,8,15-16H,4-5,7,9-14H2,1-3H3. The molecule has 3 rings (SSSR count). The largest absolute Gasteiger partial charge is 0.340 e. The molecule has 134 valence electrons. The maximum Gasteiger partial charge on any atom is 0.227 e. The Morgan fingerprint density at radius 1 is 1.25 bits per heavy atom. The van der Waals surface area contributed by atoms with Gasteiger partial charge >= 0.3 is 0 Å². The zero-order chi connectivity index (χ0) is 17.1. The molecule has 0 aromatic carbocycles. The summed E-state index contributed by atoms with van der Waals surface area (Å²) in [5, 5.41) is 0. The first-order chi connectivity index (χ1) is 11.5. The molecule has 0 saturated carbocycles. The first-order valence-electron chi connectivity index (χ1n) is 9.26. The fraction of sp³-hybridized carbons (Fsp3) is 0.778. The van der Waals surface area contributed by atoms with Crippen molar-refractivity contribution >= 4 is 5.91 Å². The summed E-state index contributed by atoms with van der Waals surface area (Å²) in [5.41, 5.74) is 0. The van der Waals surface area contributed by atoms with Crippen LogP contribution in [0.3, 0.4) is 0 Å². The Balaban J connectivity index is 1.49. The van der Waals surface area contributed by atoms with Gasteiger partial charge < -0.3 is 14.4 Å². The van der Waals surface area contributed by atoms with Gasteiger partial charge in [0, 0.05) is 58.2 Å². The number of hydrogen-bond donors (Lipinski definition) is 0. The maximum absolute atomic E-state index is 12.9. The summed E-state index contributed by atoms with van der Waals surface area (Å²) in [6.07, 6.45) is 6.03. The number of likely N-dealkylation sites (tertiary alicyclic amines) is 1. The molecule has 6 nitrogen and oxygen atoms in total. The normalized spacial score (nSPS) is 23.8. The fourth-order valence-corrected chi connectivity index (χ4v) is 3.81. The summed E-state index contributed by atoms with van der Waals surface area (Å²) in [4.78, 5) is 24.2. The predicted octanol–water partition coefficient (Wildman–Crippen LogP) is 1.18. The van der Waals surface area contributed by atoms with Gasteiger partial charge in [-0.1, -0.05) is 0 Å². The second-order valence-corrected chi connectivity index (χ2v) is 7.48. The molecular formula is C18H31N5O. The molecule has 0 radical (unpaired) electrons. The van der Waals surface area contributed by atoms with Crippen molar-refractivity contribution in [3.8, 4) is 0 Å². The van der Waals surface area contributed by atoms with Crippen LogP contribution in [0.5, 0.6) is 0 Å². The van der Waals surface area contributed by atoms with Gasteiger partial charge in [-0.25, -0.2) is 4.98 Å².